The third-order valence-corrected chi connectivity index (χ3v) is 17.1. The van der Waals surface area contributed by atoms with Crippen molar-refractivity contribution >= 4 is 45.8 Å². The molecule has 1 aliphatic heterocycles. The van der Waals surface area contributed by atoms with Crippen LogP contribution in [0, 0.1) is 32.1 Å². The summed E-state index contributed by atoms with van der Waals surface area (Å²) in [7, 11) is 0. The van der Waals surface area contributed by atoms with E-state index in [0.717, 1.165) is 67.0 Å². The normalized spacial score (nSPS) is 21.3. The van der Waals surface area contributed by atoms with Gasteiger partial charge in [0.15, 0.2) is 0 Å². The lowest BCUT2D eigenvalue weighted by atomic mass is 9.63. The molecule has 1 heterocycles. The van der Waals surface area contributed by atoms with Gasteiger partial charge in [-0.2, -0.15) is 0 Å². The molecule has 0 fully saturated rings. The molecule has 3 nitrogen and oxygen atoms in total. The van der Waals surface area contributed by atoms with E-state index >= 15 is 0 Å². The highest BCUT2D eigenvalue weighted by atomic mass is 32.2. The summed E-state index contributed by atoms with van der Waals surface area (Å²) in [5.41, 5.74) is 18.6. The van der Waals surface area contributed by atoms with Gasteiger partial charge in [-0.25, -0.2) is 0 Å². The Labute approximate surface area is 418 Å². The van der Waals surface area contributed by atoms with Crippen LogP contribution in [0.1, 0.15) is 131 Å². The molecule has 4 heteroatoms. The standard InChI is InChI=1S/C65H71N3S/c1-11-47-30-35-54(59(37-31-48-22-17-18-25-53(47)48)67-49-32-36-56-58(42-49)64(7,8)39-38-63(56,5)6)55-43-52(68(50-23-15-12-16-24-50)51-33-28-44(2)29-34-51)41-45(3)62(55)69-60-27-20-26-57-61(60)66-40-19-13-14-21-46(4)65(57,9)10/h1,12-13,15-20,22-30,32-36,41-43,46-47,66-67H,14,21,31,37-40H2,2-10H3/b19-13-,35-30-,59-54-. The van der Waals surface area contributed by atoms with Crippen molar-refractivity contribution in [2.75, 3.05) is 22.1 Å². The van der Waals surface area contributed by atoms with Crippen LogP contribution >= 0.6 is 11.8 Å². The highest BCUT2D eigenvalue weighted by Gasteiger charge is 2.37. The average molecular weight is 926 g/mol. The van der Waals surface area contributed by atoms with Crippen molar-refractivity contribution in [2.24, 2.45) is 5.92 Å². The molecule has 0 saturated heterocycles. The van der Waals surface area contributed by atoms with Gasteiger partial charge in [0.1, 0.15) is 0 Å². The number of anilines is 5. The molecule has 9 rings (SSSR count). The van der Waals surface area contributed by atoms with Crippen LogP contribution in [0.15, 0.2) is 167 Å². The number of allylic oxidation sites excluding steroid dienone is 5. The molecular formula is C65H71N3S. The van der Waals surface area contributed by atoms with E-state index in [-0.39, 0.29) is 22.2 Å². The monoisotopic (exact) mass is 926 g/mol. The number of rotatable bonds is 8. The molecule has 69 heavy (non-hydrogen) atoms. The van der Waals surface area contributed by atoms with Crippen LogP contribution < -0.4 is 15.5 Å². The molecule has 0 spiro atoms. The minimum Gasteiger partial charge on any atom is -0.380 e. The molecule has 6 aromatic carbocycles. The van der Waals surface area contributed by atoms with E-state index in [9.17, 15) is 0 Å². The molecule has 0 bridgehead atoms. The first-order valence-electron chi connectivity index (χ1n) is 25.3. The van der Waals surface area contributed by atoms with E-state index in [1.165, 1.54) is 72.1 Å². The Morgan fingerprint density at radius 2 is 1.43 bits per heavy atom. The third-order valence-electron chi connectivity index (χ3n) is 15.8. The topological polar surface area (TPSA) is 27.3 Å². The Kier molecular flexibility index (Phi) is 13.7. The molecule has 2 unspecified atom stereocenters. The minimum absolute atomic E-state index is 0.0337. The Bertz CT molecular complexity index is 2980. The number of hydrogen-bond donors (Lipinski definition) is 2. The van der Waals surface area contributed by atoms with Crippen LogP contribution in [-0.4, -0.2) is 6.54 Å². The van der Waals surface area contributed by atoms with Crippen molar-refractivity contribution in [3.05, 3.63) is 202 Å². The van der Waals surface area contributed by atoms with E-state index in [4.69, 9.17) is 6.42 Å². The number of fused-ring (bicyclic) bond motifs is 3. The molecule has 2 aliphatic carbocycles. The summed E-state index contributed by atoms with van der Waals surface area (Å²) < 4.78 is 0. The third kappa shape index (κ3) is 9.87. The number of nitrogens with zero attached hydrogens (tertiary/aromatic N) is 1. The second kappa shape index (κ2) is 19.7. The van der Waals surface area contributed by atoms with Gasteiger partial charge in [-0.1, -0.05) is 169 Å². The summed E-state index contributed by atoms with van der Waals surface area (Å²) >= 11 is 1.89. The molecule has 0 radical (unpaired) electrons. The van der Waals surface area contributed by atoms with Gasteiger partial charge in [0.25, 0.3) is 0 Å². The van der Waals surface area contributed by atoms with Crippen LogP contribution in [-0.2, 0) is 22.7 Å². The van der Waals surface area contributed by atoms with Gasteiger partial charge < -0.3 is 15.5 Å². The molecule has 2 atom stereocenters. The SMILES string of the molecule is C#CC1/C=C\C(c2cc(N(c3ccccc3)c3ccc(C)cc3)cc(C)c2Sc2cccc3c2NC/C=C\CCC(C)C3(C)C)=C(\Nc2ccc3c(c2)C(C)(C)CCC3(C)C)CCc2ccccc21. The second-order valence-corrected chi connectivity index (χ2v) is 22.8. The zero-order chi connectivity index (χ0) is 48.5. The molecule has 0 saturated carbocycles. The van der Waals surface area contributed by atoms with Crippen molar-refractivity contribution in [3.8, 4) is 12.3 Å². The predicted octanol–water partition coefficient (Wildman–Crippen LogP) is 17.7. The number of nitrogens with one attached hydrogen (secondary N) is 2. The van der Waals surface area contributed by atoms with Crippen molar-refractivity contribution in [1.82, 2.24) is 0 Å². The fraction of sp³-hybridized carbons (Fsp3) is 0.323. The lowest BCUT2D eigenvalue weighted by molar-refractivity contribution is 0.326. The Balaban J connectivity index is 1.31. The van der Waals surface area contributed by atoms with Gasteiger partial charge in [-0.3, -0.25) is 0 Å². The van der Waals surface area contributed by atoms with Crippen LogP contribution in [0.2, 0.25) is 0 Å². The Morgan fingerprint density at radius 3 is 2.20 bits per heavy atom. The number of terminal acetylenes is 1. The van der Waals surface area contributed by atoms with Crippen molar-refractivity contribution in [3.63, 3.8) is 0 Å². The highest BCUT2D eigenvalue weighted by Crippen LogP contribution is 2.50. The number of para-hydroxylation sites is 2. The van der Waals surface area contributed by atoms with E-state index in [2.05, 4.69) is 235 Å². The average Bonchev–Trinajstić information content (AvgIpc) is 3.41. The zero-order valence-electron chi connectivity index (χ0n) is 42.5. The number of benzene rings is 6. The Morgan fingerprint density at radius 1 is 0.710 bits per heavy atom. The van der Waals surface area contributed by atoms with Crippen molar-refractivity contribution < 1.29 is 0 Å². The maximum Gasteiger partial charge on any atom is 0.0636 e. The van der Waals surface area contributed by atoms with Crippen LogP contribution in [0.3, 0.4) is 0 Å². The summed E-state index contributed by atoms with van der Waals surface area (Å²) in [6.45, 7) is 22.2. The van der Waals surface area contributed by atoms with E-state index in [0.29, 0.717) is 5.92 Å². The number of hydrogen-bond acceptors (Lipinski definition) is 4. The van der Waals surface area contributed by atoms with Gasteiger partial charge in [0, 0.05) is 50.4 Å². The fourth-order valence-corrected chi connectivity index (χ4v) is 12.1. The number of aryl methyl sites for hydroxylation is 3. The largest absolute Gasteiger partial charge is 0.380 e. The lowest BCUT2D eigenvalue weighted by Crippen LogP contribution is -2.33. The maximum atomic E-state index is 6.49. The fourth-order valence-electron chi connectivity index (χ4n) is 10.9. The van der Waals surface area contributed by atoms with E-state index in [1.807, 2.05) is 11.8 Å². The summed E-state index contributed by atoms with van der Waals surface area (Å²) in [4.78, 5) is 4.87. The lowest BCUT2D eigenvalue weighted by Gasteiger charge is -2.42. The Hall–Kier alpha value is -6.15. The predicted molar refractivity (Wildman–Crippen MR) is 298 cm³/mol. The highest BCUT2D eigenvalue weighted by molar-refractivity contribution is 7.99. The van der Waals surface area contributed by atoms with Crippen LogP contribution in [0.5, 0.6) is 0 Å². The summed E-state index contributed by atoms with van der Waals surface area (Å²) in [6, 6.07) is 47.5. The van der Waals surface area contributed by atoms with Gasteiger partial charge in [0.05, 0.1) is 11.6 Å². The van der Waals surface area contributed by atoms with Crippen molar-refractivity contribution in [2.45, 2.75) is 133 Å². The van der Waals surface area contributed by atoms with E-state index in [1.54, 1.807) is 0 Å². The van der Waals surface area contributed by atoms with Gasteiger partial charge in [0.2, 0.25) is 0 Å². The van der Waals surface area contributed by atoms with Gasteiger partial charge in [-0.15, -0.1) is 6.42 Å². The summed E-state index contributed by atoms with van der Waals surface area (Å²) in [6.07, 6.45) is 22.0. The first-order valence-corrected chi connectivity index (χ1v) is 26.1. The molecule has 2 N–H and O–H groups in total. The summed E-state index contributed by atoms with van der Waals surface area (Å²) in [5.74, 6) is 3.51. The second-order valence-electron chi connectivity index (χ2n) is 21.7. The molecule has 0 amide bonds. The van der Waals surface area contributed by atoms with Crippen LogP contribution in [0.4, 0.5) is 28.4 Å². The first kappa shape index (κ1) is 47.9. The molecule has 6 aromatic rings. The van der Waals surface area contributed by atoms with Gasteiger partial charge >= 0.3 is 0 Å². The molecule has 3 aliphatic rings. The molecule has 0 aromatic heterocycles. The zero-order valence-corrected chi connectivity index (χ0v) is 43.3. The summed E-state index contributed by atoms with van der Waals surface area (Å²) in [5, 5.41) is 8.11. The smallest absolute Gasteiger partial charge is 0.0636 e. The minimum atomic E-state index is -0.181. The first-order chi connectivity index (χ1) is 33.1. The molecule has 352 valence electrons. The van der Waals surface area contributed by atoms with Crippen LogP contribution in [0.25, 0.3) is 5.57 Å². The van der Waals surface area contributed by atoms with Gasteiger partial charge in [-0.05, 0) is 168 Å². The maximum absolute atomic E-state index is 6.49. The molecular weight excluding hydrogens is 855 g/mol. The van der Waals surface area contributed by atoms with E-state index < -0.39 is 0 Å². The quantitative estimate of drug-likeness (QED) is 0.117. The van der Waals surface area contributed by atoms with Crippen molar-refractivity contribution in [1.29, 1.82) is 0 Å².